The SMILES string of the molecule is NC(CCNC(=O)c1cccs1)c1ccccc1. The summed E-state index contributed by atoms with van der Waals surface area (Å²) in [6.45, 7) is 0.590. The van der Waals surface area contributed by atoms with Crippen LogP contribution in [0.4, 0.5) is 0 Å². The zero-order valence-electron chi connectivity index (χ0n) is 10.0. The first-order chi connectivity index (χ1) is 8.77. The van der Waals surface area contributed by atoms with Crippen molar-refractivity contribution in [3.63, 3.8) is 0 Å². The molecule has 0 fully saturated rings. The third kappa shape index (κ3) is 3.42. The largest absolute Gasteiger partial charge is 0.351 e. The highest BCUT2D eigenvalue weighted by atomic mass is 32.1. The van der Waals surface area contributed by atoms with Gasteiger partial charge in [0, 0.05) is 12.6 Å². The van der Waals surface area contributed by atoms with Crippen LogP contribution in [0.5, 0.6) is 0 Å². The molecule has 3 N–H and O–H groups in total. The third-order valence-corrected chi connectivity index (χ3v) is 3.58. The molecular formula is C14H16N2OS. The van der Waals surface area contributed by atoms with Crippen LogP contribution in [-0.4, -0.2) is 12.5 Å². The Balaban J connectivity index is 1.77. The predicted octanol–water partition coefficient (Wildman–Crippen LogP) is 2.57. The monoisotopic (exact) mass is 260 g/mol. The minimum Gasteiger partial charge on any atom is -0.351 e. The van der Waals surface area contributed by atoms with Gasteiger partial charge in [0.2, 0.25) is 0 Å². The molecule has 0 spiro atoms. The van der Waals surface area contributed by atoms with Crippen molar-refractivity contribution in [1.29, 1.82) is 0 Å². The van der Waals surface area contributed by atoms with E-state index in [1.54, 1.807) is 0 Å². The lowest BCUT2D eigenvalue weighted by atomic mass is 10.1. The van der Waals surface area contributed by atoms with E-state index in [2.05, 4.69) is 5.32 Å². The molecule has 94 valence electrons. The molecule has 1 atom stereocenters. The Labute approximate surface area is 111 Å². The number of thiophene rings is 1. The van der Waals surface area contributed by atoms with Crippen molar-refractivity contribution in [3.8, 4) is 0 Å². The number of rotatable bonds is 5. The van der Waals surface area contributed by atoms with Gasteiger partial charge in [0.05, 0.1) is 4.88 Å². The molecule has 0 aliphatic rings. The van der Waals surface area contributed by atoms with Gasteiger partial charge in [0.1, 0.15) is 0 Å². The Hall–Kier alpha value is -1.65. The smallest absolute Gasteiger partial charge is 0.261 e. The molecule has 1 aromatic carbocycles. The van der Waals surface area contributed by atoms with E-state index in [1.165, 1.54) is 11.3 Å². The van der Waals surface area contributed by atoms with Crippen LogP contribution in [0, 0.1) is 0 Å². The maximum atomic E-state index is 11.7. The van der Waals surface area contributed by atoms with E-state index in [-0.39, 0.29) is 11.9 Å². The van der Waals surface area contributed by atoms with Crippen molar-refractivity contribution < 1.29 is 4.79 Å². The van der Waals surface area contributed by atoms with Crippen molar-refractivity contribution in [2.24, 2.45) is 5.73 Å². The molecule has 4 heteroatoms. The van der Waals surface area contributed by atoms with E-state index in [0.717, 1.165) is 16.9 Å². The first-order valence-electron chi connectivity index (χ1n) is 5.89. The highest BCUT2D eigenvalue weighted by molar-refractivity contribution is 7.12. The maximum Gasteiger partial charge on any atom is 0.261 e. The van der Waals surface area contributed by atoms with Gasteiger partial charge in [-0.25, -0.2) is 0 Å². The second-order valence-corrected chi connectivity index (χ2v) is 4.99. The summed E-state index contributed by atoms with van der Waals surface area (Å²) in [6, 6.07) is 13.6. The van der Waals surface area contributed by atoms with Gasteiger partial charge in [-0.05, 0) is 23.4 Å². The molecule has 1 heterocycles. The second-order valence-electron chi connectivity index (χ2n) is 4.04. The van der Waals surface area contributed by atoms with Crippen LogP contribution in [0.3, 0.4) is 0 Å². The van der Waals surface area contributed by atoms with Crippen LogP contribution in [0.1, 0.15) is 27.7 Å². The number of benzene rings is 1. The summed E-state index contributed by atoms with van der Waals surface area (Å²) in [6.07, 6.45) is 0.737. The molecule has 1 unspecified atom stereocenters. The molecule has 0 aliphatic carbocycles. The van der Waals surface area contributed by atoms with Crippen molar-refractivity contribution in [2.75, 3.05) is 6.54 Å². The predicted molar refractivity (Wildman–Crippen MR) is 74.6 cm³/mol. The van der Waals surface area contributed by atoms with Crippen LogP contribution in [0.2, 0.25) is 0 Å². The van der Waals surface area contributed by atoms with Gasteiger partial charge in [-0.3, -0.25) is 4.79 Å². The lowest BCUT2D eigenvalue weighted by Gasteiger charge is -2.12. The van der Waals surface area contributed by atoms with Crippen LogP contribution in [-0.2, 0) is 0 Å². The van der Waals surface area contributed by atoms with E-state index in [0.29, 0.717) is 6.54 Å². The number of nitrogens with two attached hydrogens (primary N) is 1. The molecular weight excluding hydrogens is 244 g/mol. The number of carbonyl (C=O) groups excluding carboxylic acids is 1. The van der Waals surface area contributed by atoms with E-state index in [9.17, 15) is 4.79 Å². The standard InChI is InChI=1S/C14H16N2OS/c15-12(11-5-2-1-3-6-11)8-9-16-14(17)13-7-4-10-18-13/h1-7,10,12H,8-9,15H2,(H,16,17). The second kappa shape index (κ2) is 6.33. The number of carbonyl (C=O) groups is 1. The van der Waals surface area contributed by atoms with E-state index in [4.69, 9.17) is 5.73 Å². The third-order valence-electron chi connectivity index (χ3n) is 2.71. The molecule has 1 amide bonds. The van der Waals surface area contributed by atoms with Crippen LogP contribution in [0.15, 0.2) is 47.8 Å². The van der Waals surface area contributed by atoms with Gasteiger partial charge in [0.25, 0.3) is 5.91 Å². The summed E-state index contributed by atoms with van der Waals surface area (Å²) < 4.78 is 0. The minimum absolute atomic E-state index is 0.0229. The summed E-state index contributed by atoms with van der Waals surface area (Å²) in [7, 11) is 0. The fraction of sp³-hybridized carbons (Fsp3) is 0.214. The molecule has 0 bridgehead atoms. The molecule has 18 heavy (non-hydrogen) atoms. The van der Waals surface area contributed by atoms with Crippen molar-refractivity contribution >= 4 is 17.2 Å². The Morgan fingerprint density at radius 2 is 2.00 bits per heavy atom. The summed E-state index contributed by atoms with van der Waals surface area (Å²) in [4.78, 5) is 12.4. The molecule has 1 aromatic heterocycles. The Morgan fingerprint density at radius 3 is 2.67 bits per heavy atom. The van der Waals surface area contributed by atoms with Crippen LogP contribution in [0.25, 0.3) is 0 Å². The Kier molecular flexibility index (Phi) is 4.50. The van der Waals surface area contributed by atoms with Crippen LogP contribution < -0.4 is 11.1 Å². The van der Waals surface area contributed by atoms with Gasteiger partial charge in [-0.15, -0.1) is 11.3 Å². The maximum absolute atomic E-state index is 11.7. The molecule has 0 saturated heterocycles. The zero-order valence-corrected chi connectivity index (χ0v) is 10.8. The van der Waals surface area contributed by atoms with Crippen LogP contribution >= 0.6 is 11.3 Å². The fourth-order valence-electron chi connectivity index (χ4n) is 1.70. The average Bonchev–Trinajstić information content (AvgIpc) is 2.93. The number of hydrogen-bond donors (Lipinski definition) is 2. The zero-order chi connectivity index (χ0) is 12.8. The van der Waals surface area contributed by atoms with Crippen molar-refractivity contribution in [1.82, 2.24) is 5.32 Å². The van der Waals surface area contributed by atoms with Crippen molar-refractivity contribution in [3.05, 3.63) is 58.3 Å². The summed E-state index contributed by atoms with van der Waals surface area (Å²) >= 11 is 1.44. The molecule has 0 radical (unpaired) electrons. The fourth-order valence-corrected chi connectivity index (χ4v) is 2.34. The quantitative estimate of drug-likeness (QED) is 0.868. The highest BCUT2D eigenvalue weighted by Gasteiger charge is 2.08. The minimum atomic E-state index is -0.0326. The molecule has 2 aromatic rings. The summed E-state index contributed by atoms with van der Waals surface area (Å²) in [5.41, 5.74) is 7.15. The van der Waals surface area contributed by atoms with Gasteiger partial charge in [-0.1, -0.05) is 36.4 Å². The summed E-state index contributed by atoms with van der Waals surface area (Å²) in [5.74, 6) is -0.0229. The lowest BCUT2D eigenvalue weighted by molar-refractivity contribution is 0.0956. The molecule has 3 nitrogen and oxygen atoms in total. The molecule has 2 rings (SSSR count). The van der Waals surface area contributed by atoms with E-state index < -0.39 is 0 Å². The number of hydrogen-bond acceptors (Lipinski definition) is 3. The first-order valence-corrected chi connectivity index (χ1v) is 6.77. The van der Waals surface area contributed by atoms with Gasteiger partial charge < -0.3 is 11.1 Å². The first kappa shape index (κ1) is 12.8. The molecule has 0 aliphatic heterocycles. The van der Waals surface area contributed by atoms with E-state index >= 15 is 0 Å². The Bertz CT molecular complexity index is 482. The Morgan fingerprint density at radius 1 is 1.22 bits per heavy atom. The van der Waals surface area contributed by atoms with Gasteiger partial charge in [0.15, 0.2) is 0 Å². The average molecular weight is 260 g/mol. The van der Waals surface area contributed by atoms with Crippen molar-refractivity contribution in [2.45, 2.75) is 12.5 Å². The topological polar surface area (TPSA) is 55.1 Å². The van der Waals surface area contributed by atoms with Gasteiger partial charge >= 0.3 is 0 Å². The normalized spacial score (nSPS) is 12.1. The number of amides is 1. The lowest BCUT2D eigenvalue weighted by Crippen LogP contribution is -2.26. The highest BCUT2D eigenvalue weighted by Crippen LogP contribution is 2.13. The van der Waals surface area contributed by atoms with E-state index in [1.807, 2.05) is 47.8 Å². The summed E-state index contributed by atoms with van der Waals surface area (Å²) in [5, 5.41) is 4.77. The number of nitrogens with one attached hydrogen (secondary N) is 1. The van der Waals surface area contributed by atoms with Gasteiger partial charge in [-0.2, -0.15) is 0 Å². The molecule has 0 saturated carbocycles.